The molecule has 0 amide bonds. The van der Waals surface area contributed by atoms with Gasteiger partial charge in [0.05, 0.1) is 28.8 Å². The lowest BCUT2D eigenvalue weighted by atomic mass is 9.57. The number of benzene rings is 1. The Bertz CT molecular complexity index is 1170. The van der Waals surface area contributed by atoms with Crippen LogP contribution in [0.5, 0.6) is 0 Å². The van der Waals surface area contributed by atoms with Gasteiger partial charge in [0.15, 0.2) is 5.84 Å². The molecule has 7 nitrogen and oxygen atoms in total. The van der Waals surface area contributed by atoms with Crippen LogP contribution in [-0.4, -0.2) is 58.1 Å². The summed E-state index contributed by atoms with van der Waals surface area (Å²) in [5.74, 6) is 1.57. The fourth-order valence-corrected chi connectivity index (χ4v) is 5.29. The molecule has 166 valence electrons. The van der Waals surface area contributed by atoms with Crippen LogP contribution in [0.15, 0.2) is 46.3 Å². The SMILES string of the molecule is C=N/C(=C\C(=N/C)n1ncc2ccc(C3(C#N)CC4(CC4)C3)cc21)N1CC(C(C)(C)O)C1. The summed E-state index contributed by atoms with van der Waals surface area (Å²) in [4.78, 5) is 10.8. The minimum Gasteiger partial charge on any atom is -0.390 e. The van der Waals surface area contributed by atoms with E-state index in [2.05, 4.69) is 51.0 Å². The van der Waals surface area contributed by atoms with E-state index in [1.807, 2.05) is 30.8 Å². The zero-order chi connectivity index (χ0) is 22.7. The molecule has 0 bridgehead atoms. The number of nitriles is 1. The Morgan fingerprint density at radius 2 is 2.06 bits per heavy atom. The molecule has 2 aliphatic carbocycles. The minimum atomic E-state index is -0.712. The van der Waals surface area contributed by atoms with E-state index >= 15 is 0 Å². The normalized spacial score (nSPS) is 22.4. The van der Waals surface area contributed by atoms with E-state index in [0.717, 1.165) is 42.4 Å². The van der Waals surface area contributed by atoms with Crippen LogP contribution in [0.25, 0.3) is 10.9 Å². The first kappa shape index (κ1) is 20.9. The monoisotopic (exact) mass is 430 g/mol. The fraction of sp³-hybridized carbons (Fsp3) is 0.520. The molecule has 1 aromatic carbocycles. The molecular formula is C25H30N6O. The van der Waals surface area contributed by atoms with Crippen LogP contribution in [-0.2, 0) is 5.41 Å². The summed E-state index contributed by atoms with van der Waals surface area (Å²) >= 11 is 0. The number of aromatic nitrogens is 2. The predicted molar refractivity (Wildman–Crippen MR) is 126 cm³/mol. The summed E-state index contributed by atoms with van der Waals surface area (Å²) in [6, 6.07) is 8.85. The molecule has 0 unspecified atom stereocenters. The lowest BCUT2D eigenvalue weighted by Gasteiger charge is -2.46. The van der Waals surface area contributed by atoms with Gasteiger partial charge in [-0.05, 0) is 63.3 Å². The van der Waals surface area contributed by atoms with E-state index in [0.29, 0.717) is 17.1 Å². The van der Waals surface area contributed by atoms with Gasteiger partial charge in [-0.25, -0.2) is 9.67 Å². The Kier molecular flexibility index (Phi) is 4.58. The number of rotatable bonds is 5. The standard InChI is InChI=1S/C25H30N6O/c1-23(2,32)19-12-30(13-19)21(27-3)10-22(28-4)31-20-9-18(6-5-17(20)11-29-31)25(16-26)14-24(15-25)7-8-24/h5-6,9-11,19,32H,3,7-8,12-15H2,1-2,4H3/b21-10+,28-22+. The summed E-state index contributed by atoms with van der Waals surface area (Å²) in [6.45, 7) is 8.86. The summed E-state index contributed by atoms with van der Waals surface area (Å²) < 4.78 is 1.81. The van der Waals surface area contributed by atoms with Crippen molar-refractivity contribution in [1.82, 2.24) is 14.7 Å². The van der Waals surface area contributed by atoms with E-state index in [9.17, 15) is 10.4 Å². The Morgan fingerprint density at radius 1 is 1.34 bits per heavy atom. The Morgan fingerprint density at radius 3 is 2.62 bits per heavy atom. The van der Waals surface area contributed by atoms with Crippen molar-refractivity contribution in [2.75, 3.05) is 20.1 Å². The summed E-state index contributed by atoms with van der Waals surface area (Å²) in [5.41, 5.74) is 1.36. The van der Waals surface area contributed by atoms with Crippen LogP contribution in [0.1, 0.15) is 45.1 Å². The first-order chi connectivity index (χ1) is 15.2. The second-order valence-corrected chi connectivity index (χ2v) is 10.4. The molecule has 1 saturated heterocycles. The van der Waals surface area contributed by atoms with E-state index < -0.39 is 5.60 Å². The Labute approximate surface area is 188 Å². The van der Waals surface area contributed by atoms with Crippen molar-refractivity contribution in [1.29, 1.82) is 5.26 Å². The zero-order valence-corrected chi connectivity index (χ0v) is 19.0. The number of likely N-dealkylation sites (tertiary alicyclic amines) is 1. The average Bonchev–Trinajstić information content (AvgIpc) is 3.38. The van der Waals surface area contributed by atoms with Crippen LogP contribution in [0.3, 0.4) is 0 Å². The molecule has 5 rings (SSSR count). The average molecular weight is 431 g/mol. The number of hydrogen-bond acceptors (Lipinski definition) is 6. The first-order valence-corrected chi connectivity index (χ1v) is 11.2. The molecule has 1 aliphatic heterocycles. The molecule has 2 heterocycles. The number of allylic oxidation sites excluding steroid dienone is 1. The highest BCUT2D eigenvalue weighted by Crippen LogP contribution is 2.68. The van der Waals surface area contributed by atoms with Gasteiger partial charge >= 0.3 is 0 Å². The molecule has 1 spiro atoms. The second kappa shape index (κ2) is 7.01. The largest absolute Gasteiger partial charge is 0.390 e. The van der Waals surface area contributed by atoms with Gasteiger partial charge < -0.3 is 10.0 Å². The van der Waals surface area contributed by atoms with E-state index in [-0.39, 0.29) is 11.3 Å². The Hall–Kier alpha value is -2.98. The topological polar surface area (TPSA) is 89.8 Å². The van der Waals surface area contributed by atoms with Crippen LogP contribution < -0.4 is 0 Å². The summed E-state index contributed by atoms with van der Waals surface area (Å²) in [5, 5.41) is 25.8. The lowest BCUT2D eigenvalue weighted by molar-refractivity contribution is -0.0498. The maximum Gasteiger partial charge on any atom is 0.152 e. The minimum absolute atomic E-state index is 0.196. The molecule has 2 aromatic rings. The van der Waals surface area contributed by atoms with Crippen molar-refractivity contribution in [3.63, 3.8) is 0 Å². The van der Waals surface area contributed by atoms with Crippen LogP contribution in [0.2, 0.25) is 0 Å². The van der Waals surface area contributed by atoms with E-state index in [4.69, 9.17) is 0 Å². The van der Waals surface area contributed by atoms with Gasteiger partial charge in [0, 0.05) is 37.5 Å². The predicted octanol–water partition coefficient (Wildman–Crippen LogP) is 3.49. The third-order valence-corrected chi connectivity index (χ3v) is 7.72. The highest BCUT2D eigenvalue weighted by Gasteiger charge is 2.61. The van der Waals surface area contributed by atoms with E-state index in [1.165, 1.54) is 12.8 Å². The number of aliphatic hydroxyl groups is 1. The lowest BCUT2D eigenvalue weighted by Crippen LogP contribution is -2.54. The highest BCUT2D eigenvalue weighted by atomic mass is 16.3. The van der Waals surface area contributed by atoms with Crippen molar-refractivity contribution >= 4 is 23.5 Å². The number of hydrogen-bond donors (Lipinski definition) is 1. The van der Waals surface area contributed by atoms with Gasteiger partial charge in [0.1, 0.15) is 5.82 Å². The Balaban J connectivity index is 1.45. The van der Waals surface area contributed by atoms with Crippen molar-refractivity contribution in [2.45, 2.75) is 50.5 Å². The van der Waals surface area contributed by atoms with Crippen molar-refractivity contribution in [3.05, 3.63) is 41.9 Å². The number of aliphatic imine (C=N–C) groups is 2. The zero-order valence-electron chi connectivity index (χ0n) is 19.0. The van der Waals surface area contributed by atoms with Gasteiger partial charge in [-0.3, -0.25) is 4.99 Å². The second-order valence-electron chi connectivity index (χ2n) is 10.4. The molecule has 0 radical (unpaired) electrons. The number of nitrogens with zero attached hydrogens (tertiary/aromatic N) is 6. The van der Waals surface area contributed by atoms with Gasteiger partial charge in [-0.1, -0.05) is 12.1 Å². The van der Waals surface area contributed by atoms with Gasteiger partial charge in [-0.15, -0.1) is 0 Å². The third kappa shape index (κ3) is 3.25. The van der Waals surface area contributed by atoms with Crippen molar-refractivity contribution < 1.29 is 5.11 Å². The summed E-state index contributed by atoms with van der Waals surface area (Å²) in [6.07, 6.45) is 8.16. The number of fused-ring (bicyclic) bond motifs is 1. The molecule has 32 heavy (non-hydrogen) atoms. The molecular weight excluding hydrogens is 400 g/mol. The van der Waals surface area contributed by atoms with Gasteiger partial charge in [0.2, 0.25) is 0 Å². The molecule has 1 aromatic heterocycles. The maximum atomic E-state index is 10.2. The van der Waals surface area contributed by atoms with Gasteiger partial charge in [0.25, 0.3) is 0 Å². The molecule has 3 aliphatic rings. The molecule has 3 fully saturated rings. The molecule has 0 atom stereocenters. The summed E-state index contributed by atoms with van der Waals surface area (Å²) in [7, 11) is 1.74. The van der Waals surface area contributed by atoms with Crippen LogP contribution in [0, 0.1) is 22.7 Å². The highest BCUT2D eigenvalue weighted by molar-refractivity contribution is 6.00. The smallest absolute Gasteiger partial charge is 0.152 e. The fourth-order valence-electron chi connectivity index (χ4n) is 5.29. The van der Waals surface area contributed by atoms with Crippen LogP contribution >= 0.6 is 0 Å². The molecule has 1 N–H and O–H groups in total. The molecule has 2 saturated carbocycles. The first-order valence-electron chi connectivity index (χ1n) is 11.2. The third-order valence-electron chi connectivity index (χ3n) is 7.72. The van der Waals surface area contributed by atoms with Crippen molar-refractivity contribution in [3.8, 4) is 6.07 Å². The van der Waals surface area contributed by atoms with Gasteiger partial charge in [-0.2, -0.15) is 10.4 Å². The van der Waals surface area contributed by atoms with Crippen molar-refractivity contribution in [2.24, 2.45) is 21.3 Å². The maximum absolute atomic E-state index is 10.2. The van der Waals surface area contributed by atoms with Crippen LogP contribution in [0.4, 0.5) is 0 Å². The molecule has 7 heteroatoms. The quantitative estimate of drug-likeness (QED) is 0.581. The van der Waals surface area contributed by atoms with E-state index in [1.54, 1.807) is 7.05 Å².